The summed E-state index contributed by atoms with van der Waals surface area (Å²) in [5, 5.41) is 4.49. The lowest BCUT2D eigenvalue weighted by Crippen LogP contribution is -2.48. The normalized spacial score (nSPS) is 15.1. The van der Waals surface area contributed by atoms with E-state index in [-0.39, 0.29) is 23.0 Å². The average molecular weight is 525 g/mol. The highest BCUT2D eigenvalue weighted by molar-refractivity contribution is 7.91. The zero-order valence-electron chi connectivity index (χ0n) is 18.8. The largest absolute Gasteiger partial charge is 0.355 e. The van der Waals surface area contributed by atoms with Gasteiger partial charge in [-0.25, -0.2) is 17.8 Å². The Kier molecular flexibility index (Phi) is 7.71. The van der Waals surface area contributed by atoms with Gasteiger partial charge in [0.05, 0.1) is 25.9 Å². The lowest BCUT2D eigenvalue weighted by atomic mass is 10.2. The predicted octanol–water partition coefficient (Wildman–Crippen LogP) is 3.50. The topological polar surface area (TPSA) is 82.6 Å². The second-order valence-electron chi connectivity index (χ2n) is 8.24. The number of amides is 1. The number of hydrogen-bond acceptors (Lipinski definition) is 7. The standard InChI is InChI=1S/C23H26ClFN4O3S2/c1-16-2-7-19(24)22-21(16)27-23(33-22)29-13-11-28(12-14-29)10-9-26-20(30)8-15-34(31,32)18-5-3-17(25)4-6-18/h2-7H,8-15H2,1H3,(H,26,30). The summed E-state index contributed by atoms with van der Waals surface area (Å²) in [4.78, 5) is 21.4. The van der Waals surface area contributed by atoms with E-state index >= 15 is 0 Å². The van der Waals surface area contributed by atoms with E-state index in [0.717, 1.165) is 64.2 Å². The first-order chi connectivity index (χ1) is 16.2. The number of fused-ring (bicyclic) bond motifs is 1. The smallest absolute Gasteiger partial charge is 0.221 e. The molecule has 1 aliphatic heterocycles. The Morgan fingerprint density at radius 2 is 1.85 bits per heavy atom. The molecule has 34 heavy (non-hydrogen) atoms. The molecule has 182 valence electrons. The van der Waals surface area contributed by atoms with Crippen molar-refractivity contribution < 1.29 is 17.6 Å². The van der Waals surface area contributed by atoms with Crippen LogP contribution in [0.25, 0.3) is 10.2 Å². The van der Waals surface area contributed by atoms with Crippen LogP contribution in [-0.4, -0.2) is 69.2 Å². The summed E-state index contributed by atoms with van der Waals surface area (Å²) in [6.07, 6.45) is -0.132. The molecular weight excluding hydrogens is 499 g/mol. The Balaban J connectivity index is 1.19. The molecule has 0 radical (unpaired) electrons. The van der Waals surface area contributed by atoms with Crippen molar-refractivity contribution in [1.82, 2.24) is 15.2 Å². The molecule has 1 aromatic heterocycles. The molecule has 0 bridgehead atoms. The van der Waals surface area contributed by atoms with Gasteiger partial charge in [-0.2, -0.15) is 0 Å². The van der Waals surface area contributed by atoms with Crippen LogP contribution in [0.2, 0.25) is 5.02 Å². The van der Waals surface area contributed by atoms with Gasteiger partial charge in [0.25, 0.3) is 0 Å². The van der Waals surface area contributed by atoms with Gasteiger partial charge in [0.1, 0.15) is 5.82 Å². The summed E-state index contributed by atoms with van der Waals surface area (Å²) in [7, 11) is -3.62. The van der Waals surface area contributed by atoms with Crippen molar-refractivity contribution >= 4 is 54.0 Å². The molecule has 0 spiro atoms. The number of benzene rings is 2. The first-order valence-electron chi connectivity index (χ1n) is 11.0. The van der Waals surface area contributed by atoms with Gasteiger partial charge in [-0.15, -0.1) is 0 Å². The molecule has 0 atom stereocenters. The number of carbonyl (C=O) groups excluding carboxylic acids is 1. The van der Waals surface area contributed by atoms with E-state index in [1.54, 1.807) is 11.3 Å². The van der Waals surface area contributed by atoms with Gasteiger partial charge in [-0.05, 0) is 42.8 Å². The number of thiazole rings is 1. The van der Waals surface area contributed by atoms with E-state index in [1.165, 1.54) is 12.1 Å². The number of carbonyl (C=O) groups is 1. The van der Waals surface area contributed by atoms with Crippen LogP contribution in [0.1, 0.15) is 12.0 Å². The number of aromatic nitrogens is 1. The molecule has 11 heteroatoms. The van der Waals surface area contributed by atoms with Crippen LogP contribution in [0, 0.1) is 12.7 Å². The predicted molar refractivity (Wildman–Crippen MR) is 134 cm³/mol. The van der Waals surface area contributed by atoms with Gasteiger partial charge in [0, 0.05) is 45.7 Å². The van der Waals surface area contributed by atoms with Crippen LogP contribution in [-0.2, 0) is 14.6 Å². The Morgan fingerprint density at radius 3 is 2.53 bits per heavy atom. The molecule has 2 aromatic carbocycles. The highest BCUT2D eigenvalue weighted by Gasteiger charge is 2.21. The molecular formula is C23H26ClFN4O3S2. The lowest BCUT2D eigenvalue weighted by Gasteiger charge is -2.34. The first kappa shape index (κ1) is 24.8. The minimum Gasteiger partial charge on any atom is -0.355 e. The average Bonchev–Trinajstić information content (AvgIpc) is 3.28. The summed E-state index contributed by atoms with van der Waals surface area (Å²) in [5.41, 5.74) is 2.07. The maximum atomic E-state index is 13.0. The van der Waals surface area contributed by atoms with Crippen LogP contribution in [0.3, 0.4) is 0 Å². The van der Waals surface area contributed by atoms with Crippen molar-refractivity contribution in [2.75, 3.05) is 49.9 Å². The molecule has 7 nitrogen and oxygen atoms in total. The number of anilines is 1. The van der Waals surface area contributed by atoms with E-state index in [1.807, 2.05) is 19.1 Å². The van der Waals surface area contributed by atoms with E-state index in [9.17, 15) is 17.6 Å². The molecule has 0 unspecified atom stereocenters. The van der Waals surface area contributed by atoms with Gasteiger partial charge in [-0.3, -0.25) is 9.69 Å². The monoisotopic (exact) mass is 524 g/mol. The highest BCUT2D eigenvalue weighted by Crippen LogP contribution is 2.35. The number of aryl methyl sites for hydroxylation is 1. The summed E-state index contributed by atoms with van der Waals surface area (Å²) < 4.78 is 38.6. The summed E-state index contributed by atoms with van der Waals surface area (Å²) in [6.45, 7) is 6.53. The number of nitrogens with one attached hydrogen (secondary N) is 1. The SMILES string of the molecule is Cc1ccc(Cl)c2sc(N3CCN(CCNC(=O)CCS(=O)(=O)c4ccc(F)cc4)CC3)nc12. The fraction of sp³-hybridized carbons (Fsp3) is 0.391. The third-order valence-electron chi connectivity index (χ3n) is 5.85. The molecule has 1 fully saturated rings. The van der Waals surface area contributed by atoms with Crippen LogP contribution >= 0.6 is 22.9 Å². The van der Waals surface area contributed by atoms with Crippen molar-refractivity contribution in [2.45, 2.75) is 18.2 Å². The number of sulfone groups is 1. The van der Waals surface area contributed by atoms with Crippen LogP contribution in [0.15, 0.2) is 41.3 Å². The number of rotatable bonds is 8. The quantitative estimate of drug-likeness (QED) is 0.454. The van der Waals surface area contributed by atoms with Crippen molar-refractivity contribution in [3.8, 4) is 0 Å². The molecule has 0 aliphatic carbocycles. The summed E-state index contributed by atoms with van der Waals surface area (Å²) in [6, 6.07) is 8.52. The summed E-state index contributed by atoms with van der Waals surface area (Å²) >= 11 is 7.95. The van der Waals surface area contributed by atoms with Gasteiger partial charge in [-0.1, -0.05) is 29.0 Å². The van der Waals surface area contributed by atoms with Crippen LogP contribution in [0.5, 0.6) is 0 Å². The zero-order chi connectivity index (χ0) is 24.3. The van der Waals surface area contributed by atoms with Crippen molar-refractivity contribution in [2.24, 2.45) is 0 Å². The fourth-order valence-corrected chi connectivity index (χ4v) is 6.43. The second-order valence-corrected chi connectivity index (χ2v) is 11.7. The van der Waals surface area contributed by atoms with Crippen LogP contribution in [0.4, 0.5) is 9.52 Å². The third-order valence-corrected chi connectivity index (χ3v) is 9.16. The molecule has 2 heterocycles. The molecule has 1 N–H and O–H groups in total. The van der Waals surface area contributed by atoms with Gasteiger partial charge >= 0.3 is 0 Å². The van der Waals surface area contributed by atoms with Crippen molar-refractivity contribution in [1.29, 1.82) is 0 Å². The van der Waals surface area contributed by atoms with Gasteiger partial charge in [0.15, 0.2) is 15.0 Å². The minimum absolute atomic E-state index is 0.0186. The Hall–Kier alpha value is -2.27. The number of nitrogens with zero attached hydrogens (tertiary/aromatic N) is 3. The zero-order valence-corrected chi connectivity index (χ0v) is 21.1. The summed E-state index contributed by atoms with van der Waals surface area (Å²) in [5.74, 6) is -1.13. The molecule has 0 saturated carbocycles. The second kappa shape index (κ2) is 10.6. The third kappa shape index (κ3) is 5.86. The van der Waals surface area contributed by atoms with Gasteiger partial charge in [0.2, 0.25) is 5.91 Å². The molecule has 1 amide bonds. The molecule has 1 saturated heterocycles. The fourth-order valence-electron chi connectivity index (χ4n) is 3.82. The molecule has 4 rings (SSSR count). The Morgan fingerprint density at radius 1 is 1.15 bits per heavy atom. The number of piperazine rings is 1. The van der Waals surface area contributed by atoms with E-state index in [4.69, 9.17) is 16.6 Å². The highest BCUT2D eigenvalue weighted by atomic mass is 35.5. The van der Waals surface area contributed by atoms with Gasteiger partial charge < -0.3 is 10.2 Å². The maximum absolute atomic E-state index is 13.0. The van der Waals surface area contributed by atoms with Crippen LogP contribution < -0.4 is 10.2 Å². The Bertz CT molecular complexity index is 1230. The van der Waals surface area contributed by atoms with E-state index in [2.05, 4.69) is 15.1 Å². The lowest BCUT2D eigenvalue weighted by molar-refractivity contribution is -0.120. The number of hydrogen-bond donors (Lipinski definition) is 1. The number of halogens is 2. The molecule has 1 aliphatic rings. The van der Waals surface area contributed by atoms with E-state index in [0.29, 0.717) is 13.1 Å². The Labute approximate surface area is 207 Å². The van der Waals surface area contributed by atoms with E-state index < -0.39 is 15.7 Å². The first-order valence-corrected chi connectivity index (χ1v) is 13.9. The maximum Gasteiger partial charge on any atom is 0.221 e. The molecule has 3 aromatic rings. The minimum atomic E-state index is -3.62. The van der Waals surface area contributed by atoms with Crippen molar-refractivity contribution in [3.63, 3.8) is 0 Å². The van der Waals surface area contributed by atoms with Crippen molar-refractivity contribution in [3.05, 3.63) is 52.8 Å².